The summed E-state index contributed by atoms with van der Waals surface area (Å²) in [6.07, 6.45) is 4.95. The van der Waals surface area contributed by atoms with E-state index in [1.165, 1.54) is 0 Å². The van der Waals surface area contributed by atoms with Crippen LogP contribution in [0.4, 0.5) is 0 Å². The van der Waals surface area contributed by atoms with Gasteiger partial charge in [0.2, 0.25) is 5.91 Å². The number of unbranched alkanes of at least 4 members (excludes halogenated alkanes) is 3. The molecule has 5 nitrogen and oxygen atoms in total. The molecule has 0 aliphatic heterocycles. The van der Waals surface area contributed by atoms with Crippen molar-refractivity contribution >= 4 is 11.9 Å². The molecule has 0 saturated carbocycles. The van der Waals surface area contributed by atoms with E-state index in [9.17, 15) is 9.59 Å². The molecule has 4 N–H and O–H groups in total. The normalized spacial score (nSPS) is 12.4. The molecule has 0 rings (SSSR count). The number of amides is 1. The first-order valence-electron chi connectivity index (χ1n) is 7.17. The van der Waals surface area contributed by atoms with Gasteiger partial charge in [0, 0.05) is 13.0 Å². The van der Waals surface area contributed by atoms with Gasteiger partial charge in [-0.2, -0.15) is 0 Å². The summed E-state index contributed by atoms with van der Waals surface area (Å²) in [5.41, 5.74) is 5.38. The van der Waals surface area contributed by atoms with Crippen molar-refractivity contribution in [2.75, 3.05) is 13.1 Å². The highest BCUT2D eigenvalue weighted by atomic mass is 16.4. The van der Waals surface area contributed by atoms with Crippen molar-refractivity contribution in [1.82, 2.24) is 5.32 Å². The topological polar surface area (TPSA) is 92.4 Å². The van der Waals surface area contributed by atoms with Gasteiger partial charge in [-0.05, 0) is 31.7 Å². The predicted octanol–water partition coefficient (Wildman–Crippen LogP) is 1.76. The fraction of sp³-hybridized carbons (Fsp3) is 0.857. The average molecular weight is 272 g/mol. The first kappa shape index (κ1) is 17.9. The third-order valence-electron chi connectivity index (χ3n) is 3.01. The van der Waals surface area contributed by atoms with Gasteiger partial charge in [-0.3, -0.25) is 9.59 Å². The minimum atomic E-state index is -0.836. The Bertz CT molecular complexity index is 267. The zero-order valence-corrected chi connectivity index (χ0v) is 12.2. The van der Waals surface area contributed by atoms with Crippen LogP contribution in [0.1, 0.15) is 52.4 Å². The molecular formula is C14H28N2O3. The van der Waals surface area contributed by atoms with Crippen molar-refractivity contribution < 1.29 is 14.7 Å². The van der Waals surface area contributed by atoms with Gasteiger partial charge in [0.05, 0.1) is 5.92 Å². The van der Waals surface area contributed by atoms with E-state index in [1.807, 2.05) is 13.8 Å². The van der Waals surface area contributed by atoms with Crippen LogP contribution in [0.3, 0.4) is 0 Å². The van der Waals surface area contributed by atoms with Gasteiger partial charge in [-0.1, -0.05) is 26.7 Å². The first-order valence-corrected chi connectivity index (χ1v) is 7.17. The molecule has 0 aliphatic rings. The first-order chi connectivity index (χ1) is 8.97. The van der Waals surface area contributed by atoms with Crippen LogP contribution in [-0.2, 0) is 9.59 Å². The van der Waals surface area contributed by atoms with Gasteiger partial charge < -0.3 is 16.2 Å². The zero-order valence-electron chi connectivity index (χ0n) is 12.2. The summed E-state index contributed by atoms with van der Waals surface area (Å²) in [4.78, 5) is 22.6. The Balaban J connectivity index is 3.76. The summed E-state index contributed by atoms with van der Waals surface area (Å²) in [5.74, 6) is -1.06. The molecule has 0 saturated heterocycles. The molecular weight excluding hydrogens is 244 g/mol. The van der Waals surface area contributed by atoms with Crippen LogP contribution in [0.2, 0.25) is 0 Å². The molecule has 0 heterocycles. The third-order valence-corrected chi connectivity index (χ3v) is 3.01. The van der Waals surface area contributed by atoms with Crippen LogP contribution < -0.4 is 11.1 Å². The van der Waals surface area contributed by atoms with E-state index in [1.54, 1.807) is 0 Å². The van der Waals surface area contributed by atoms with E-state index in [2.05, 4.69) is 5.32 Å². The van der Waals surface area contributed by atoms with Crippen molar-refractivity contribution in [1.29, 1.82) is 0 Å². The number of carboxylic acid groups (broad SMARTS) is 1. The van der Waals surface area contributed by atoms with Gasteiger partial charge in [0.1, 0.15) is 0 Å². The Kier molecular flexibility index (Phi) is 10.2. The maximum absolute atomic E-state index is 11.6. The van der Waals surface area contributed by atoms with Crippen LogP contribution in [-0.4, -0.2) is 30.1 Å². The van der Waals surface area contributed by atoms with Gasteiger partial charge in [-0.15, -0.1) is 0 Å². The number of hydrogen-bond donors (Lipinski definition) is 3. The highest BCUT2D eigenvalue weighted by Gasteiger charge is 2.19. The SMILES string of the molecule is CC(C)CC(CNC(=O)CCCCCCN)C(=O)O. The summed E-state index contributed by atoms with van der Waals surface area (Å²) in [6, 6.07) is 0. The molecule has 0 radical (unpaired) electrons. The lowest BCUT2D eigenvalue weighted by Crippen LogP contribution is -2.33. The Morgan fingerprint density at radius 2 is 1.79 bits per heavy atom. The quantitative estimate of drug-likeness (QED) is 0.500. The van der Waals surface area contributed by atoms with Crippen LogP contribution >= 0.6 is 0 Å². The van der Waals surface area contributed by atoms with Crippen molar-refractivity contribution in [3.05, 3.63) is 0 Å². The standard InChI is InChI=1S/C14H28N2O3/c1-11(2)9-12(14(18)19)10-16-13(17)7-5-3-4-6-8-15/h11-12H,3-10,15H2,1-2H3,(H,16,17)(H,18,19). The van der Waals surface area contributed by atoms with Crippen molar-refractivity contribution in [3.63, 3.8) is 0 Å². The average Bonchev–Trinajstić information content (AvgIpc) is 2.33. The number of carbonyl (C=O) groups is 2. The van der Waals surface area contributed by atoms with Gasteiger partial charge in [-0.25, -0.2) is 0 Å². The molecule has 0 aromatic carbocycles. The Morgan fingerprint density at radius 1 is 1.16 bits per heavy atom. The Labute approximate surface area is 115 Å². The lowest BCUT2D eigenvalue weighted by molar-refractivity contribution is -0.142. The van der Waals surface area contributed by atoms with Crippen LogP contribution in [0, 0.1) is 11.8 Å². The number of rotatable bonds is 11. The molecule has 0 aromatic heterocycles. The molecule has 1 atom stereocenters. The molecule has 0 bridgehead atoms. The molecule has 1 unspecified atom stereocenters. The predicted molar refractivity (Wildman–Crippen MR) is 75.7 cm³/mol. The minimum Gasteiger partial charge on any atom is -0.481 e. The maximum atomic E-state index is 11.6. The summed E-state index contributed by atoms with van der Waals surface area (Å²) in [6.45, 7) is 4.89. The molecule has 0 spiro atoms. The molecule has 19 heavy (non-hydrogen) atoms. The Hall–Kier alpha value is -1.10. The van der Waals surface area contributed by atoms with E-state index in [-0.39, 0.29) is 12.5 Å². The van der Waals surface area contributed by atoms with Gasteiger partial charge in [0.15, 0.2) is 0 Å². The van der Waals surface area contributed by atoms with Crippen molar-refractivity contribution in [2.24, 2.45) is 17.6 Å². The molecule has 5 heteroatoms. The minimum absolute atomic E-state index is 0.0530. The van der Waals surface area contributed by atoms with Crippen LogP contribution in [0.5, 0.6) is 0 Å². The second-order valence-corrected chi connectivity index (χ2v) is 5.42. The zero-order chi connectivity index (χ0) is 14.7. The lowest BCUT2D eigenvalue weighted by Gasteiger charge is -2.15. The monoisotopic (exact) mass is 272 g/mol. The molecule has 0 fully saturated rings. The molecule has 0 aromatic rings. The van der Waals surface area contributed by atoms with Crippen LogP contribution in [0.15, 0.2) is 0 Å². The largest absolute Gasteiger partial charge is 0.481 e. The maximum Gasteiger partial charge on any atom is 0.308 e. The van der Waals surface area contributed by atoms with E-state index in [0.29, 0.717) is 25.3 Å². The highest BCUT2D eigenvalue weighted by molar-refractivity contribution is 5.77. The van der Waals surface area contributed by atoms with Crippen LogP contribution in [0.25, 0.3) is 0 Å². The number of aliphatic carboxylic acids is 1. The van der Waals surface area contributed by atoms with E-state index >= 15 is 0 Å². The number of carboxylic acids is 1. The van der Waals surface area contributed by atoms with Crippen molar-refractivity contribution in [3.8, 4) is 0 Å². The number of hydrogen-bond acceptors (Lipinski definition) is 3. The summed E-state index contributed by atoms with van der Waals surface area (Å²) < 4.78 is 0. The molecule has 112 valence electrons. The van der Waals surface area contributed by atoms with Gasteiger partial charge in [0.25, 0.3) is 0 Å². The fourth-order valence-electron chi connectivity index (χ4n) is 1.95. The smallest absolute Gasteiger partial charge is 0.308 e. The second kappa shape index (κ2) is 10.8. The summed E-state index contributed by atoms with van der Waals surface area (Å²) >= 11 is 0. The van der Waals surface area contributed by atoms with E-state index in [4.69, 9.17) is 10.8 Å². The summed E-state index contributed by atoms with van der Waals surface area (Å²) in [5, 5.41) is 11.8. The van der Waals surface area contributed by atoms with Gasteiger partial charge >= 0.3 is 5.97 Å². The van der Waals surface area contributed by atoms with Crippen molar-refractivity contribution in [2.45, 2.75) is 52.4 Å². The van der Waals surface area contributed by atoms with E-state index < -0.39 is 11.9 Å². The number of nitrogens with two attached hydrogens (primary N) is 1. The Morgan fingerprint density at radius 3 is 2.32 bits per heavy atom. The molecule has 0 aliphatic carbocycles. The van der Waals surface area contributed by atoms with E-state index in [0.717, 1.165) is 25.7 Å². The second-order valence-electron chi connectivity index (χ2n) is 5.42. The third kappa shape index (κ3) is 10.5. The number of nitrogens with one attached hydrogen (secondary N) is 1. The molecule has 1 amide bonds. The highest BCUT2D eigenvalue weighted by Crippen LogP contribution is 2.11. The lowest BCUT2D eigenvalue weighted by atomic mass is 9.97. The number of carbonyl (C=O) groups excluding carboxylic acids is 1. The fourth-order valence-corrected chi connectivity index (χ4v) is 1.95. The summed E-state index contributed by atoms with van der Waals surface area (Å²) in [7, 11) is 0.